The van der Waals surface area contributed by atoms with Gasteiger partial charge in [-0.25, -0.2) is 22.9 Å². The normalized spacial score (nSPS) is 10.6. The summed E-state index contributed by atoms with van der Waals surface area (Å²) < 4.78 is 42.1. The van der Waals surface area contributed by atoms with Gasteiger partial charge in [0, 0.05) is 0 Å². The summed E-state index contributed by atoms with van der Waals surface area (Å²) in [4.78, 5) is 14.7. The van der Waals surface area contributed by atoms with Gasteiger partial charge in [0.15, 0.2) is 5.82 Å². The summed E-state index contributed by atoms with van der Waals surface area (Å²) in [5.74, 6) is -2.05. The molecule has 0 spiro atoms. The van der Waals surface area contributed by atoms with Gasteiger partial charge in [-0.15, -0.1) is 0 Å². The van der Waals surface area contributed by atoms with E-state index in [0.29, 0.717) is 6.07 Å². The van der Waals surface area contributed by atoms with Crippen LogP contribution < -0.4 is 0 Å². The van der Waals surface area contributed by atoms with E-state index in [1.54, 1.807) is 6.92 Å². The van der Waals surface area contributed by atoms with Gasteiger partial charge < -0.3 is 4.74 Å². The minimum absolute atomic E-state index is 0.0829. The second-order valence-electron chi connectivity index (χ2n) is 2.72. The molecule has 0 fully saturated rings. The zero-order chi connectivity index (χ0) is 12.3. The maximum Gasteiger partial charge on any atom is 0.356 e. The summed E-state index contributed by atoms with van der Waals surface area (Å²) in [6.45, 7) is 1.64. The molecule has 0 N–H and O–H groups in total. The fourth-order valence-corrected chi connectivity index (χ4v) is 1.41. The standard InChI is InChI=1S/C9H7BrF3NO2/c1-2-16-9(15)5-3-4(8(12)13)6(11)7(10)14-5/h3,8H,2H2,1H3. The van der Waals surface area contributed by atoms with Gasteiger partial charge in [-0.05, 0) is 28.9 Å². The van der Waals surface area contributed by atoms with E-state index in [2.05, 4.69) is 25.7 Å². The third-order valence-corrected chi connectivity index (χ3v) is 2.19. The lowest BCUT2D eigenvalue weighted by Crippen LogP contribution is -2.09. The van der Waals surface area contributed by atoms with Crippen LogP contribution in [0.15, 0.2) is 10.7 Å². The first-order valence-electron chi connectivity index (χ1n) is 4.28. The monoisotopic (exact) mass is 297 g/mol. The van der Waals surface area contributed by atoms with Crippen molar-refractivity contribution in [2.45, 2.75) is 13.3 Å². The zero-order valence-electron chi connectivity index (χ0n) is 8.14. The highest BCUT2D eigenvalue weighted by Crippen LogP contribution is 2.26. The van der Waals surface area contributed by atoms with Crippen LogP contribution in [-0.4, -0.2) is 17.6 Å². The lowest BCUT2D eigenvalue weighted by Gasteiger charge is -2.06. The molecule has 0 bridgehead atoms. The van der Waals surface area contributed by atoms with Gasteiger partial charge in [-0.3, -0.25) is 0 Å². The molecule has 0 unspecified atom stereocenters. The quantitative estimate of drug-likeness (QED) is 0.636. The number of alkyl halides is 2. The van der Waals surface area contributed by atoms with E-state index in [9.17, 15) is 18.0 Å². The molecule has 0 aliphatic carbocycles. The van der Waals surface area contributed by atoms with Gasteiger partial charge >= 0.3 is 5.97 Å². The van der Waals surface area contributed by atoms with Crippen molar-refractivity contribution in [3.8, 4) is 0 Å². The SMILES string of the molecule is CCOC(=O)c1cc(C(F)F)c(F)c(Br)n1. The maximum absolute atomic E-state index is 13.1. The van der Waals surface area contributed by atoms with E-state index in [0.717, 1.165) is 0 Å². The van der Waals surface area contributed by atoms with E-state index in [1.807, 2.05) is 0 Å². The van der Waals surface area contributed by atoms with Crippen molar-refractivity contribution in [2.24, 2.45) is 0 Å². The van der Waals surface area contributed by atoms with Crippen molar-refractivity contribution >= 4 is 21.9 Å². The van der Waals surface area contributed by atoms with Crippen molar-refractivity contribution in [2.75, 3.05) is 6.61 Å². The highest BCUT2D eigenvalue weighted by atomic mass is 79.9. The number of carbonyl (C=O) groups is 1. The van der Waals surface area contributed by atoms with Crippen LogP contribution in [-0.2, 0) is 4.74 Å². The molecule has 1 rings (SSSR count). The van der Waals surface area contributed by atoms with Crippen LogP contribution in [0.4, 0.5) is 13.2 Å². The van der Waals surface area contributed by atoms with Crippen LogP contribution in [0.25, 0.3) is 0 Å². The molecular formula is C9H7BrF3NO2. The Bertz CT molecular complexity index is 412. The predicted octanol–water partition coefficient (Wildman–Crippen LogP) is 3.10. The van der Waals surface area contributed by atoms with Gasteiger partial charge in [0.25, 0.3) is 6.43 Å². The number of carbonyl (C=O) groups excluding carboxylic acids is 1. The Morgan fingerprint density at radius 1 is 1.62 bits per heavy atom. The van der Waals surface area contributed by atoms with Crippen LogP contribution >= 0.6 is 15.9 Å². The summed E-state index contributed by atoms with van der Waals surface area (Å²) in [6.07, 6.45) is -3.02. The third-order valence-electron chi connectivity index (χ3n) is 1.67. The average molecular weight is 298 g/mol. The number of rotatable bonds is 3. The zero-order valence-corrected chi connectivity index (χ0v) is 9.72. The Labute approximate surface area is 97.8 Å². The second-order valence-corrected chi connectivity index (χ2v) is 3.47. The van der Waals surface area contributed by atoms with E-state index >= 15 is 0 Å². The number of aromatic nitrogens is 1. The van der Waals surface area contributed by atoms with Crippen molar-refractivity contribution in [3.05, 3.63) is 27.7 Å². The first kappa shape index (κ1) is 13.0. The molecule has 7 heteroatoms. The van der Waals surface area contributed by atoms with Gasteiger partial charge in [0.1, 0.15) is 10.3 Å². The second kappa shape index (κ2) is 5.29. The minimum Gasteiger partial charge on any atom is -0.461 e. The molecule has 0 atom stereocenters. The Kier molecular flexibility index (Phi) is 4.28. The van der Waals surface area contributed by atoms with Crippen LogP contribution in [0.1, 0.15) is 29.4 Å². The van der Waals surface area contributed by atoms with Crippen molar-refractivity contribution in [3.63, 3.8) is 0 Å². The van der Waals surface area contributed by atoms with Crippen LogP contribution in [0.3, 0.4) is 0 Å². The molecule has 0 aliphatic rings. The van der Waals surface area contributed by atoms with Crippen LogP contribution in [0, 0.1) is 5.82 Å². The fraction of sp³-hybridized carbons (Fsp3) is 0.333. The largest absolute Gasteiger partial charge is 0.461 e. The number of pyridine rings is 1. The highest BCUT2D eigenvalue weighted by molar-refractivity contribution is 9.10. The summed E-state index contributed by atoms with van der Waals surface area (Å²) in [7, 11) is 0. The lowest BCUT2D eigenvalue weighted by molar-refractivity contribution is 0.0518. The lowest BCUT2D eigenvalue weighted by atomic mass is 10.2. The van der Waals surface area contributed by atoms with E-state index in [1.165, 1.54) is 0 Å². The molecule has 0 amide bonds. The number of nitrogens with zero attached hydrogens (tertiary/aromatic N) is 1. The number of esters is 1. The number of hydrogen-bond acceptors (Lipinski definition) is 3. The molecule has 3 nitrogen and oxygen atoms in total. The van der Waals surface area contributed by atoms with Crippen LogP contribution in [0.2, 0.25) is 0 Å². The van der Waals surface area contributed by atoms with E-state index in [4.69, 9.17) is 0 Å². The average Bonchev–Trinajstić information content (AvgIpc) is 2.21. The first-order valence-corrected chi connectivity index (χ1v) is 5.07. The van der Waals surface area contributed by atoms with Crippen molar-refractivity contribution in [1.29, 1.82) is 0 Å². The van der Waals surface area contributed by atoms with Gasteiger partial charge in [-0.2, -0.15) is 0 Å². The molecule has 1 aromatic heterocycles. The van der Waals surface area contributed by atoms with Gasteiger partial charge in [0.05, 0.1) is 12.2 Å². The molecule has 1 heterocycles. The van der Waals surface area contributed by atoms with Crippen LogP contribution in [0.5, 0.6) is 0 Å². The van der Waals surface area contributed by atoms with Crippen molar-refractivity contribution < 1.29 is 22.7 Å². The summed E-state index contributed by atoms with van der Waals surface area (Å²) in [6, 6.07) is 0.683. The minimum atomic E-state index is -3.02. The summed E-state index contributed by atoms with van der Waals surface area (Å²) in [5.41, 5.74) is -1.24. The first-order chi connectivity index (χ1) is 7.47. The number of ether oxygens (including phenoxy) is 1. The topological polar surface area (TPSA) is 39.2 Å². The molecule has 0 aromatic carbocycles. The molecule has 0 saturated heterocycles. The third kappa shape index (κ3) is 2.72. The van der Waals surface area contributed by atoms with Crippen molar-refractivity contribution in [1.82, 2.24) is 4.98 Å². The van der Waals surface area contributed by atoms with Gasteiger partial charge in [0.2, 0.25) is 0 Å². The fourth-order valence-electron chi connectivity index (χ4n) is 0.985. The summed E-state index contributed by atoms with van der Waals surface area (Å²) in [5, 5.41) is 0. The number of halogens is 4. The Morgan fingerprint density at radius 2 is 2.25 bits per heavy atom. The Balaban J connectivity index is 3.18. The number of hydrogen-bond donors (Lipinski definition) is 0. The molecule has 16 heavy (non-hydrogen) atoms. The molecule has 0 aliphatic heterocycles. The smallest absolute Gasteiger partial charge is 0.356 e. The molecular weight excluding hydrogens is 291 g/mol. The Morgan fingerprint density at radius 3 is 2.75 bits per heavy atom. The van der Waals surface area contributed by atoms with E-state index in [-0.39, 0.29) is 12.3 Å². The van der Waals surface area contributed by atoms with E-state index < -0.39 is 28.4 Å². The van der Waals surface area contributed by atoms with Gasteiger partial charge in [-0.1, -0.05) is 0 Å². The molecule has 1 aromatic rings. The Hall–Kier alpha value is -1.11. The maximum atomic E-state index is 13.1. The molecule has 0 radical (unpaired) electrons. The molecule has 0 saturated carbocycles. The summed E-state index contributed by atoms with van der Waals surface area (Å²) >= 11 is 2.66. The predicted molar refractivity (Wildman–Crippen MR) is 52.8 cm³/mol. The molecule has 88 valence electrons. The highest BCUT2D eigenvalue weighted by Gasteiger charge is 2.21.